The third kappa shape index (κ3) is 4.78. The Kier molecular flexibility index (Phi) is 5.94. The molecule has 0 spiro atoms. The minimum Gasteiger partial charge on any atom is -0.493 e. The van der Waals surface area contributed by atoms with E-state index in [1.807, 2.05) is 49.4 Å². The summed E-state index contributed by atoms with van der Waals surface area (Å²) in [7, 11) is 0. The highest BCUT2D eigenvalue weighted by molar-refractivity contribution is 5.85. The topological polar surface area (TPSA) is 96.4 Å². The molecule has 1 amide bonds. The molecule has 0 unspecified atom stereocenters. The number of hydrogen-bond acceptors (Lipinski definition) is 5. The molecule has 138 valence electrons. The fourth-order valence-corrected chi connectivity index (χ4v) is 2.57. The number of aromatic nitrogens is 2. The lowest BCUT2D eigenvalue weighted by atomic mass is 10.2. The number of aryl methyl sites for hydroxylation is 1. The summed E-state index contributed by atoms with van der Waals surface area (Å²) in [6, 6.07) is 14.7. The SMILES string of the molecule is CCOc1ccccc1/C=N\NC(=O)CCc1nc2ccccc2[nH]c1=O. The maximum Gasteiger partial charge on any atom is 0.270 e. The van der Waals surface area contributed by atoms with E-state index in [-0.39, 0.29) is 24.3 Å². The summed E-state index contributed by atoms with van der Waals surface area (Å²) >= 11 is 0. The lowest BCUT2D eigenvalue weighted by Crippen LogP contribution is -2.21. The standard InChI is InChI=1S/C20H20N4O3/c1-2-27-18-10-6-3-7-14(18)13-21-24-19(25)12-11-17-20(26)23-16-9-5-4-8-15(16)22-17/h3-10,13H,2,11-12H2,1H3,(H,23,26)(H,24,25)/b21-13-. The zero-order chi connectivity index (χ0) is 19.1. The van der Waals surface area contributed by atoms with Crippen molar-refractivity contribution in [2.45, 2.75) is 19.8 Å². The number of H-pyrrole nitrogens is 1. The molecule has 2 aromatic carbocycles. The number of ether oxygens (including phenoxy) is 1. The van der Waals surface area contributed by atoms with Gasteiger partial charge in [0.15, 0.2) is 0 Å². The van der Waals surface area contributed by atoms with E-state index in [0.29, 0.717) is 29.1 Å². The zero-order valence-corrected chi connectivity index (χ0v) is 14.9. The molecule has 27 heavy (non-hydrogen) atoms. The lowest BCUT2D eigenvalue weighted by Gasteiger charge is -2.06. The van der Waals surface area contributed by atoms with Crippen molar-refractivity contribution in [3.63, 3.8) is 0 Å². The Morgan fingerprint density at radius 2 is 2.00 bits per heavy atom. The molecule has 0 aliphatic carbocycles. The lowest BCUT2D eigenvalue weighted by molar-refractivity contribution is -0.121. The van der Waals surface area contributed by atoms with Crippen LogP contribution < -0.4 is 15.7 Å². The van der Waals surface area contributed by atoms with Crippen molar-refractivity contribution < 1.29 is 9.53 Å². The van der Waals surface area contributed by atoms with Crippen LogP contribution in [0, 0.1) is 0 Å². The Bertz CT molecular complexity index is 1030. The predicted octanol–water partition coefficient (Wildman–Crippen LogP) is 2.40. The van der Waals surface area contributed by atoms with Crippen LogP contribution in [0.2, 0.25) is 0 Å². The molecule has 0 aliphatic rings. The summed E-state index contributed by atoms with van der Waals surface area (Å²) in [5.74, 6) is 0.402. The molecule has 0 radical (unpaired) electrons. The number of nitrogens with zero attached hydrogens (tertiary/aromatic N) is 2. The van der Waals surface area contributed by atoms with Crippen molar-refractivity contribution in [2.24, 2.45) is 5.10 Å². The third-order valence-electron chi connectivity index (χ3n) is 3.87. The first kappa shape index (κ1) is 18.3. The van der Waals surface area contributed by atoms with Gasteiger partial charge in [0.2, 0.25) is 5.91 Å². The Hall–Kier alpha value is -3.48. The first-order valence-corrected chi connectivity index (χ1v) is 8.69. The first-order valence-electron chi connectivity index (χ1n) is 8.69. The number of para-hydroxylation sites is 3. The van der Waals surface area contributed by atoms with Crippen molar-refractivity contribution in [1.82, 2.24) is 15.4 Å². The highest BCUT2D eigenvalue weighted by Crippen LogP contribution is 2.15. The van der Waals surface area contributed by atoms with E-state index in [4.69, 9.17) is 4.74 Å². The Labute approximate surface area is 156 Å². The number of carbonyl (C=O) groups is 1. The molecular formula is C20H20N4O3. The molecule has 7 heteroatoms. The van der Waals surface area contributed by atoms with E-state index in [2.05, 4.69) is 20.5 Å². The molecule has 2 N–H and O–H groups in total. The van der Waals surface area contributed by atoms with Crippen LogP contribution in [0.15, 0.2) is 58.4 Å². The van der Waals surface area contributed by atoms with Gasteiger partial charge < -0.3 is 9.72 Å². The minimum absolute atomic E-state index is 0.110. The highest BCUT2D eigenvalue weighted by atomic mass is 16.5. The molecule has 0 fully saturated rings. The number of carbonyl (C=O) groups excluding carboxylic acids is 1. The second-order valence-electron chi connectivity index (χ2n) is 5.79. The van der Waals surface area contributed by atoms with Crippen LogP contribution in [0.1, 0.15) is 24.6 Å². The van der Waals surface area contributed by atoms with Crippen molar-refractivity contribution in [3.05, 3.63) is 70.1 Å². The van der Waals surface area contributed by atoms with E-state index >= 15 is 0 Å². The Balaban J connectivity index is 1.59. The van der Waals surface area contributed by atoms with Crippen molar-refractivity contribution in [2.75, 3.05) is 6.61 Å². The van der Waals surface area contributed by atoms with E-state index in [1.54, 1.807) is 6.07 Å². The third-order valence-corrected chi connectivity index (χ3v) is 3.87. The monoisotopic (exact) mass is 364 g/mol. The van der Waals surface area contributed by atoms with Gasteiger partial charge in [0.1, 0.15) is 11.4 Å². The van der Waals surface area contributed by atoms with Crippen LogP contribution in [0.5, 0.6) is 5.75 Å². The van der Waals surface area contributed by atoms with Crippen LogP contribution in [-0.2, 0) is 11.2 Å². The van der Waals surface area contributed by atoms with E-state index in [1.165, 1.54) is 6.21 Å². The van der Waals surface area contributed by atoms with E-state index < -0.39 is 0 Å². The molecule has 3 rings (SSSR count). The van der Waals surface area contributed by atoms with Gasteiger partial charge in [-0.05, 0) is 31.2 Å². The largest absolute Gasteiger partial charge is 0.493 e. The van der Waals surface area contributed by atoms with Gasteiger partial charge in [-0.15, -0.1) is 0 Å². The predicted molar refractivity (Wildman–Crippen MR) is 104 cm³/mol. The summed E-state index contributed by atoms with van der Waals surface area (Å²) < 4.78 is 5.50. The molecule has 0 saturated heterocycles. The van der Waals surface area contributed by atoms with Gasteiger partial charge in [-0.1, -0.05) is 24.3 Å². The number of hydrogen-bond donors (Lipinski definition) is 2. The van der Waals surface area contributed by atoms with Gasteiger partial charge in [-0.25, -0.2) is 10.4 Å². The van der Waals surface area contributed by atoms with Crippen LogP contribution in [0.3, 0.4) is 0 Å². The molecule has 3 aromatic rings. The maximum atomic E-state index is 12.1. The fraction of sp³-hybridized carbons (Fsp3) is 0.200. The van der Waals surface area contributed by atoms with Gasteiger partial charge >= 0.3 is 0 Å². The molecule has 7 nitrogen and oxygen atoms in total. The van der Waals surface area contributed by atoms with Gasteiger partial charge in [-0.2, -0.15) is 5.10 Å². The summed E-state index contributed by atoms with van der Waals surface area (Å²) in [4.78, 5) is 31.1. The average Bonchev–Trinajstić information content (AvgIpc) is 2.68. The Morgan fingerprint density at radius 3 is 2.85 bits per heavy atom. The average molecular weight is 364 g/mol. The molecule has 1 aromatic heterocycles. The number of aromatic amines is 1. The maximum absolute atomic E-state index is 12.1. The molecule has 0 bridgehead atoms. The molecular weight excluding hydrogens is 344 g/mol. The molecule has 0 saturated carbocycles. The van der Waals surface area contributed by atoms with Crippen LogP contribution in [-0.4, -0.2) is 28.7 Å². The van der Waals surface area contributed by atoms with Crippen molar-refractivity contribution >= 4 is 23.2 Å². The molecule has 0 aliphatic heterocycles. The van der Waals surface area contributed by atoms with Crippen molar-refractivity contribution in [3.8, 4) is 5.75 Å². The van der Waals surface area contributed by atoms with Gasteiger partial charge in [-0.3, -0.25) is 9.59 Å². The number of nitrogens with one attached hydrogen (secondary N) is 2. The van der Waals surface area contributed by atoms with Gasteiger partial charge in [0.25, 0.3) is 5.56 Å². The Morgan fingerprint density at radius 1 is 1.22 bits per heavy atom. The number of hydrazone groups is 1. The smallest absolute Gasteiger partial charge is 0.270 e. The molecule has 1 heterocycles. The second kappa shape index (κ2) is 8.75. The number of amides is 1. The van der Waals surface area contributed by atoms with E-state index in [0.717, 1.165) is 5.56 Å². The fourth-order valence-electron chi connectivity index (χ4n) is 2.57. The number of benzene rings is 2. The van der Waals surface area contributed by atoms with Crippen LogP contribution >= 0.6 is 0 Å². The van der Waals surface area contributed by atoms with E-state index in [9.17, 15) is 9.59 Å². The highest BCUT2D eigenvalue weighted by Gasteiger charge is 2.08. The van der Waals surface area contributed by atoms with Crippen LogP contribution in [0.25, 0.3) is 11.0 Å². The first-order chi connectivity index (χ1) is 13.2. The number of fused-ring (bicyclic) bond motifs is 1. The zero-order valence-electron chi connectivity index (χ0n) is 14.9. The minimum atomic E-state index is -0.297. The van der Waals surface area contributed by atoms with Crippen LogP contribution in [0.4, 0.5) is 0 Å². The van der Waals surface area contributed by atoms with Gasteiger partial charge in [0.05, 0.1) is 23.9 Å². The summed E-state index contributed by atoms with van der Waals surface area (Å²) in [6.45, 7) is 2.45. The van der Waals surface area contributed by atoms with Gasteiger partial charge in [0, 0.05) is 18.4 Å². The normalized spacial score (nSPS) is 11.0. The quantitative estimate of drug-likeness (QED) is 0.497. The summed E-state index contributed by atoms with van der Waals surface area (Å²) in [5.41, 5.74) is 4.65. The summed E-state index contributed by atoms with van der Waals surface area (Å²) in [6.07, 6.45) is 1.87. The molecule has 0 atom stereocenters. The summed E-state index contributed by atoms with van der Waals surface area (Å²) in [5, 5.41) is 3.96. The second-order valence-corrected chi connectivity index (χ2v) is 5.79. The van der Waals surface area contributed by atoms with Crippen molar-refractivity contribution in [1.29, 1.82) is 0 Å². The number of rotatable bonds is 7.